The molecule has 0 fully saturated rings. The summed E-state index contributed by atoms with van der Waals surface area (Å²) in [6.07, 6.45) is 0. The second kappa shape index (κ2) is 6.37. The van der Waals surface area contributed by atoms with Gasteiger partial charge in [0, 0.05) is 37.9 Å². The molecule has 1 aromatic carbocycles. The number of phenols is 1. The second-order valence-corrected chi connectivity index (χ2v) is 4.35. The molecule has 5 nitrogen and oxygen atoms in total. The average molecular weight is 252 g/mol. The predicted molar refractivity (Wildman–Crippen MR) is 69.7 cm³/mol. The summed E-state index contributed by atoms with van der Waals surface area (Å²) in [5, 5.41) is 9.58. The van der Waals surface area contributed by atoms with E-state index in [2.05, 4.69) is 0 Å². The van der Waals surface area contributed by atoms with Crippen LogP contribution in [-0.4, -0.2) is 49.3 Å². The lowest BCUT2D eigenvalue weighted by Gasteiger charge is -2.22. The van der Waals surface area contributed by atoms with E-state index < -0.39 is 0 Å². The zero-order valence-electron chi connectivity index (χ0n) is 11.0. The highest BCUT2D eigenvalue weighted by atomic mass is 16.5. The van der Waals surface area contributed by atoms with Crippen LogP contribution in [0.5, 0.6) is 5.75 Å². The van der Waals surface area contributed by atoms with E-state index in [4.69, 9.17) is 10.5 Å². The number of likely N-dealkylation sites (N-methyl/N-ethyl adjacent to an activating group) is 1. The largest absolute Gasteiger partial charge is 0.508 e. The van der Waals surface area contributed by atoms with Gasteiger partial charge in [0.1, 0.15) is 5.75 Å². The van der Waals surface area contributed by atoms with Gasteiger partial charge in [0.25, 0.3) is 5.91 Å². The standard InChI is InChI=1S/C13H20N2O3/c1-9-11(5-4-6-12(9)16)13(17)15(2)7-10(14)8-18-3/h4-6,10,16H,7-8,14H2,1-3H3. The fourth-order valence-electron chi connectivity index (χ4n) is 1.76. The van der Waals surface area contributed by atoms with Crippen LogP contribution in [0.25, 0.3) is 0 Å². The molecule has 1 atom stereocenters. The maximum atomic E-state index is 12.2. The van der Waals surface area contributed by atoms with Gasteiger partial charge in [-0.25, -0.2) is 0 Å². The summed E-state index contributed by atoms with van der Waals surface area (Å²) < 4.78 is 4.93. The first-order chi connectivity index (χ1) is 8.47. The van der Waals surface area contributed by atoms with Gasteiger partial charge in [-0.2, -0.15) is 0 Å². The molecule has 1 aromatic rings. The van der Waals surface area contributed by atoms with E-state index in [0.29, 0.717) is 24.3 Å². The number of amides is 1. The first-order valence-corrected chi connectivity index (χ1v) is 5.76. The van der Waals surface area contributed by atoms with Gasteiger partial charge >= 0.3 is 0 Å². The maximum absolute atomic E-state index is 12.2. The van der Waals surface area contributed by atoms with Crippen LogP contribution in [0.3, 0.4) is 0 Å². The van der Waals surface area contributed by atoms with Gasteiger partial charge in [0.05, 0.1) is 6.61 Å². The van der Waals surface area contributed by atoms with Crippen molar-refractivity contribution in [3.05, 3.63) is 29.3 Å². The van der Waals surface area contributed by atoms with Crippen molar-refractivity contribution in [2.24, 2.45) is 5.73 Å². The number of nitrogens with zero attached hydrogens (tertiary/aromatic N) is 1. The van der Waals surface area contributed by atoms with Crippen molar-refractivity contribution in [3.63, 3.8) is 0 Å². The van der Waals surface area contributed by atoms with E-state index in [1.807, 2.05) is 0 Å². The molecule has 0 heterocycles. The molecular weight excluding hydrogens is 232 g/mol. The van der Waals surface area contributed by atoms with E-state index in [1.54, 1.807) is 39.3 Å². The quantitative estimate of drug-likeness (QED) is 0.810. The fourth-order valence-corrected chi connectivity index (χ4v) is 1.76. The zero-order valence-corrected chi connectivity index (χ0v) is 11.0. The van der Waals surface area contributed by atoms with E-state index in [1.165, 1.54) is 4.90 Å². The van der Waals surface area contributed by atoms with Crippen molar-refractivity contribution >= 4 is 5.91 Å². The highest BCUT2D eigenvalue weighted by molar-refractivity contribution is 5.96. The third-order valence-corrected chi connectivity index (χ3v) is 2.77. The minimum atomic E-state index is -0.221. The Morgan fingerprint density at radius 3 is 2.83 bits per heavy atom. The molecule has 3 N–H and O–H groups in total. The summed E-state index contributed by atoms with van der Waals surface area (Å²) in [5.41, 5.74) is 6.87. The summed E-state index contributed by atoms with van der Waals surface area (Å²) in [5.74, 6) is -0.0367. The highest BCUT2D eigenvalue weighted by Crippen LogP contribution is 2.20. The van der Waals surface area contributed by atoms with E-state index in [-0.39, 0.29) is 17.7 Å². The van der Waals surface area contributed by atoms with Crippen molar-refractivity contribution in [2.75, 3.05) is 27.3 Å². The molecule has 0 aliphatic carbocycles. The third kappa shape index (κ3) is 3.45. The van der Waals surface area contributed by atoms with Crippen LogP contribution in [0.4, 0.5) is 0 Å². The number of hydrogen-bond acceptors (Lipinski definition) is 4. The van der Waals surface area contributed by atoms with E-state index >= 15 is 0 Å². The van der Waals surface area contributed by atoms with Crippen molar-refractivity contribution in [3.8, 4) is 5.75 Å². The van der Waals surface area contributed by atoms with Crippen LogP contribution in [0.1, 0.15) is 15.9 Å². The van der Waals surface area contributed by atoms with Crippen LogP contribution in [-0.2, 0) is 4.74 Å². The van der Waals surface area contributed by atoms with Crippen LogP contribution in [0.15, 0.2) is 18.2 Å². The first kappa shape index (κ1) is 14.5. The van der Waals surface area contributed by atoms with Gasteiger partial charge in [-0.3, -0.25) is 4.79 Å². The van der Waals surface area contributed by atoms with Gasteiger partial charge in [0.15, 0.2) is 0 Å². The van der Waals surface area contributed by atoms with Crippen LogP contribution >= 0.6 is 0 Å². The summed E-state index contributed by atoms with van der Waals surface area (Å²) in [6.45, 7) is 2.52. The topological polar surface area (TPSA) is 75.8 Å². The number of carbonyl (C=O) groups is 1. The van der Waals surface area contributed by atoms with Crippen molar-refractivity contribution in [1.29, 1.82) is 0 Å². The number of phenolic OH excluding ortho intramolecular Hbond substituents is 1. The molecule has 0 radical (unpaired) electrons. The normalized spacial score (nSPS) is 12.2. The Hall–Kier alpha value is -1.59. The summed E-state index contributed by atoms with van der Waals surface area (Å²) in [4.78, 5) is 13.7. The molecule has 1 unspecified atom stereocenters. The van der Waals surface area contributed by atoms with Gasteiger partial charge in [-0.15, -0.1) is 0 Å². The Morgan fingerprint density at radius 1 is 1.56 bits per heavy atom. The average Bonchev–Trinajstić information content (AvgIpc) is 2.32. The Labute approximate surface area is 107 Å². The monoisotopic (exact) mass is 252 g/mol. The highest BCUT2D eigenvalue weighted by Gasteiger charge is 2.17. The third-order valence-electron chi connectivity index (χ3n) is 2.77. The summed E-state index contributed by atoms with van der Waals surface area (Å²) >= 11 is 0. The fraction of sp³-hybridized carbons (Fsp3) is 0.462. The Kier molecular flexibility index (Phi) is 5.12. The van der Waals surface area contributed by atoms with E-state index in [9.17, 15) is 9.90 Å². The molecule has 0 bridgehead atoms. The van der Waals surface area contributed by atoms with Crippen molar-refractivity contribution in [2.45, 2.75) is 13.0 Å². The number of rotatable bonds is 5. The summed E-state index contributed by atoms with van der Waals surface area (Å²) in [7, 11) is 3.25. The minimum absolute atomic E-state index is 0.121. The maximum Gasteiger partial charge on any atom is 0.254 e. The lowest BCUT2D eigenvalue weighted by Crippen LogP contribution is -2.41. The van der Waals surface area contributed by atoms with Gasteiger partial charge in [0.2, 0.25) is 0 Å². The molecule has 0 saturated carbocycles. The van der Waals surface area contributed by atoms with Gasteiger partial charge in [-0.05, 0) is 19.1 Å². The number of hydrogen-bond donors (Lipinski definition) is 2. The van der Waals surface area contributed by atoms with Crippen molar-refractivity contribution < 1.29 is 14.6 Å². The number of carbonyl (C=O) groups excluding carboxylic acids is 1. The Balaban J connectivity index is 2.77. The molecule has 0 aliphatic rings. The number of nitrogens with two attached hydrogens (primary N) is 1. The molecule has 0 aromatic heterocycles. The van der Waals surface area contributed by atoms with Crippen molar-refractivity contribution in [1.82, 2.24) is 4.90 Å². The molecule has 0 saturated heterocycles. The zero-order chi connectivity index (χ0) is 13.7. The minimum Gasteiger partial charge on any atom is -0.508 e. The molecule has 5 heteroatoms. The number of ether oxygens (including phenoxy) is 1. The number of benzene rings is 1. The second-order valence-electron chi connectivity index (χ2n) is 4.35. The van der Waals surface area contributed by atoms with Crippen LogP contribution in [0, 0.1) is 6.92 Å². The van der Waals surface area contributed by atoms with Gasteiger partial charge < -0.3 is 20.5 Å². The molecule has 0 spiro atoms. The number of methoxy groups -OCH3 is 1. The van der Waals surface area contributed by atoms with Gasteiger partial charge in [-0.1, -0.05) is 6.07 Å². The molecule has 18 heavy (non-hydrogen) atoms. The molecule has 1 rings (SSSR count). The summed E-state index contributed by atoms with van der Waals surface area (Å²) in [6, 6.07) is 4.68. The Morgan fingerprint density at radius 2 is 2.22 bits per heavy atom. The molecular formula is C13H20N2O3. The predicted octanol–water partition coefficient (Wildman–Crippen LogP) is 0.746. The SMILES string of the molecule is COCC(N)CN(C)C(=O)c1cccc(O)c1C. The van der Waals surface area contributed by atoms with E-state index in [0.717, 1.165) is 0 Å². The number of aromatic hydroxyl groups is 1. The molecule has 0 aliphatic heterocycles. The first-order valence-electron chi connectivity index (χ1n) is 5.76. The van der Waals surface area contributed by atoms with Crippen LogP contribution in [0.2, 0.25) is 0 Å². The van der Waals surface area contributed by atoms with Crippen LogP contribution < -0.4 is 5.73 Å². The lowest BCUT2D eigenvalue weighted by atomic mass is 10.1. The lowest BCUT2D eigenvalue weighted by molar-refractivity contribution is 0.0763. The Bertz CT molecular complexity index is 421. The molecule has 1 amide bonds. The smallest absolute Gasteiger partial charge is 0.254 e. The molecule has 100 valence electrons.